The molecule has 2 aromatic heterocycles. The number of nitrogens with one attached hydrogen (secondary N) is 1. The van der Waals surface area contributed by atoms with E-state index in [0.717, 1.165) is 35.4 Å². The monoisotopic (exact) mass is 475 g/mol. The Morgan fingerprint density at radius 1 is 1.23 bits per heavy atom. The van der Waals surface area contributed by atoms with Crippen LogP contribution in [0.2, 0.25) is 0 Å². The molecule has 1 aliphatic heterocycles. The van der Waals surface area contributed by atoms with Gasteiger partial charge in [-0.3, -0.25) is 25.1 Å². The maximum absolute atomic E-state index is 12.7. The van der Waals surface area contributed by atoms with Gasteiger partial charge in [0.1, 0.15) is 0 Å². The van der Waals surface area contributed by atoms with Gasteiger partial charge in [-0.2, -0.15) is 0 Å². The lowest BCUT2D eigenvalue weighted by Gasteiger charge is -2.25. The van der Waals surface area contributed by atoms with Crippen molar-refractivity contribution < 1.29 is 9.72 Å². The highest BCUT2D eigenvalue weighted by Crippen LogP contribution is 2.37. The summed E-state index contributed by atoms with van der Waals surface area (Å²) in [5, 5.41) is 18.7. The second-order valence-electron chi connectivity index (χ2n) is 7.23. The van der Waals surface area contributed by atoms with Crippen molar-refractivity contribution in [2.24, 2.45) is 0 Å². The first kappa shape index (κ1) is 21.9. The number of nitrogens with zero attached hydrogens (tertiary/aromatic N) is 4. The molecule has 1 aliphatic rings. The van der Waals surface area contributed by atoms with Gasteiger partial charge in [0, 0.05) is 34.6 Å². The molecule has 4 rings (SSSR count). The molecule has 0 spiro atoms. The predicted molar refractivity (Wildman–Crippen MR) is 123 cm³/mol. The zero-order valence-corrected chi connectivity index (χ0v) is 19.3. The van der Waals surface area contributed by atoms with Crippen molar-refractivity contribution in [3.05, 3.63) is 56.0 Å². The topological polar surface area (TPSA) is 101 Å². The smallest absolute Gasteiger partial charge is 0.284 e. The average molecular weight is 476 g/mol. The lowest BCUT2D eigenvalue weighted by Crippen LogP contribution is -2.29. The molecule has 1 amide bonds. The van der Waals surface area contributed by atoms with E-state index in [1.54, 1.807) is 12.1 Å². The lowest BCUT2D eigenvalue weighted by atomic mass is 10.1. The molecule has 11 heteroatoms. The molecule has 0 aliphatic carbocycles. The van der Waals surface area contributed by atoms with E-state index in [2.05, 4.69) is 20.2 Å². The number of benzene rings is 1. The van der Waals surface area contributed by atoms with Gasteiger partial charge in [0.25, 0.3) is 11.6 Å². The number of nitro benzene ring substituents is 1. The first-order chi connectivity index (χ1) is 15.0. The van der Waals surface area contributed by atoms with Crippen molar-refractivity contribution in [2.75, 3.05) is 18.4 Å². The standard InChI is InChI=1S/C20H21N5O3S3/c1-13-11-30-20(21-13)31-17-6-5-14(9-16(17)25(27)28)18(26)23-19-22-15(12-29-19)10-24-7-3-2-4-8-24/h5-6,9,11-12H,2-4,7-8,10H2,1H3,(H,22,23,26). The third-order valence-corrected chi connectivity index (χ3v) is 7.75. The van der Waals surface area contributed by atoms with Crippen LogP contribution >= 0.6 is 34.4 Å². The molecule has 162 valence electrons. The van der Waals surface area contributed by atoms with Crippen LogP contribution in [0.3, 0.4) is 0 Å². The third-order valence-electron chi connectivity index (χ3n) is 4.82. The SMILES string of the molecule is Cc1csc(Sc2ccc(C(=O)Nc3nc(CN4CCCCC4)cs3)cc2[N+](=O)[O-])n1. The molecule has 0 saturated carbocycles. The Hall–Kier alpha value is -2.34. The number of piperidine rings is 1. The normalized spacial score (nSPS) is 14.5. The van der Waals surface area contributed by atoms with Gasteiger partial charge in [0.15, 0.2) is 9.47 Å². The number of amides is 1. The number of hydrogen-bond acceptors (Lipinski definition) is 9. The molecular weight excluding hydrogens is 454 g/mol. The van der Waals surface area contributed by atoms with Gasteiger partial charge < -0.3 is 0 Å². The van der Waals surface area contributed by atoms with Gasteiger partial charge in [-0.1, -0.05) is 18.2 Å². The van der Waals surface area contributed by atoms with Crippen molar-refractivity contribution in [3.63, 3.8) is 0 Å². The average Bonchev–Trinajstić information content (AvgIpc) is 3.37. The number of carbonyl (C=O) groups excluding carboxylic acids is 1. The van der Waals surface area contributed by atoms with E-state index in [1.807, 2.05) is 17.7 Å². The molecule has 31 heavy (non-hydrogen) atoms. The number of likely N-dealkylation sites (tertiary alicyclic amines) is 1. The van der Waals surface area contributed by atoms with E-state index in [1.165, 1.54) is 59.8 Å². The minimum Gasteiger partial charge on any atom is -0.298 e. The van der Waals surface area contributed by atoms with E-state index in [4.69, 9.17) is 0 Å². The van der Waals surface area contributed by atoms with Gasteiger partial charge >= 0.3 is 0 Å². The quantitative estimate of drug-likeness (QED) is 0.370. The number of carbonyl (C=O) groups is 1. The van der Waals surface area contributed by atoms with Gasteiger partial charge in [0.2, 0.25) is 0 Å². The molecule has 0 bridgehead atoms. The van der Waals surface area contributed by atoms with E-state index in [-0.39, 0.29) is 11.3 Å². The highest BCUT2D eigenvalue weighted by molar-refractivity contribution is 8.01. The summed E-state index contributed by atoms with van der Waals surface area (Å²) in [7, 11) is 0. The number of thiazole rings is 2. The number of anilines is 1. The fourth-order valence-corrected chi connectivity index (χ4v) is 5.89. The van der Waals surface area contributed by atoms with Crippen molar-refractivity contribution >= 4 is 51.2 Å². The Bertz CT molecular complexity index is 1090. The van der Waals surface area contributed by atoms with Crippen LogP contribution in [0.25, 0.3) is 0 Å². The fraction of sp³-hybridized carbons (Fsp3) is 0.350. The van der Waals surface area contributed by atoms with Crippen LogP contribution in [0.15, 0.2) is 38.2 Å². The summed E-state index contributed by atoms with van der Waals surface area (Å²) in [5.74, 6) is -0.413. The maximum atomic E-state index is 12.7. The molecule has 0 unspecified atom stereocenters. The summed E-state index contributed by atoms with van der Waals surface area (Å²) in [6.07, 6.45) is 3.70. The Morgan fingerprint density at radius 3 is 2.74 bits per heavy atom. The van der Waals surface area contributed by atoms with Crippen LogP contribution < -0.4 is 5.32 Å². The Kier molecular flexibility index (Phi) is 6.96. The van der Waals surface area contributed by atoms with E-state index >= 15 is 0 Å². The Balaban J connectivity index is 1.44. The van der Waals surface area contributed by atoms with E-state index in [0.29, 0.717) is 10.0 Å². The maximum Gasteiger partial charge on any atom is 0.284 e. The molecule has 1 saturated heterocycles. The molecule has 3 heterocycles. The first-order valence-electron chi connectivity index (χ1n) is 9.84. The van der Waals surface area contributed by atoms with Crippen LogP contribution in [0.5, 0.6) is 0 Å². The Labute approximate surface area is 191 Å². The van der Waals surface area contributed by atoms with Gasteiger partial charge in [0.05, 0.1) is 15.5 Å². The molecule has 1 aromatic carbocycles. The summed E-state index contributed by atoms with van der Waals surface area (Å²) in [6, 6.07) is 4.49. The van der Waals surface area contributed by atoms with Crippen molar-refractivity contribution in [1.82, 2.24) is 14.9 Å². The predicted octanol–water partition coefficient (Wildman–Crippen LogP) is 5.21. The fourth-order valence-electron chi connectivity index (χ4n) is 3.31. The van der Waals surface area contributed by atoms with Crippen LogP contribution in [0.1, 0.15) is 41.0 Å². The zero-order valence-electron chi connectivity index (χ0n) is 16.9. The van der Waals surface area contributed by atoms with Crippen molar-refractivity contribution in [2.45, 2.75) is 42.0 Å². The molecule has 1 N–H and O–H groups in total. The van der Waals surface area contributed by atoms with Crippen LogP contribution in [0, 0.1) is 17.0 Å². The Morgan fingerprint density at radius 2 is 2.03 bits per heavy atom. The summed E-state index contributed by atoms with van der Waals surface area (Å²) in [4.78, 5) is 35.4. The van der Waals surface area contributed by atoms with Crippen LogP contribution in [0.4, 0.5) is 10.8 Å². The summed E-state index contributed by atoms with van der Waals surface area (Å²) in [6.45, 7) is 4.81. The number of rotatable bonds is 7. The van der Waals surface area contributed by atoms with E-state index < -0.39 is 10.8 Å². The highest BCUT2D eigenvalue weighted by Gasteiger charge is 2.20. The lowest BCUT2D eigenvalue weighted by molar-refractivity contribution is -0.387. The molecule has 1 fully saturated rings. The summed E-state index contributed by atoms with van der Waals surface area (Å²) < 4.78 is 0.724. The second-order valence-corrected chi connectivity index (χ2v) is 10.2. The van der Waals surface area contributed by atoms with Crippen LogP contribution in [-0.2, 0) is 6.54 Å². The summed E-state index contributed by atoms with van der Waals surface area (Å²) in [5.41, 5.74) is 1.91. The first-order valence-corrected chi connectivity index (χ1v) is 12.4. The number of aryl methyl sites for hydroxylation is 1. The molecule has 0 atom stereocenters. The van der Waals surface area contributed by atoms with Crippen molar-refractivity contribution in [3.8, 4) is 0 Å². The number of nitro groups is 1. The summed E-state index contributed by atoms with van der Waals surface area (Å²) >= 11 is 4.02. The second kappa shape index (κ2) is 9.86. The molecule has 8 nitrogen and oxygen atoms in total. The van der Waals surface area contributed by atoms with Gasteiger partial charge in [-0.05, 0) is 45.0 Å². The van der Waals surface area contributed by atoms with Crippen LogP contribution in [-0.4, -0.2) is 38.8 Å². The van der Waals surface area contributed by atoms with Gasteiger partial charge in [-0.15, -0.1) is 22.7 Å². The molecule has 3 aromatic rings. The van der Waals surface area contributed by atoms with Gasteiger partial charge in [-0.25, -0.2) is 9.97 Å². The number of aromatic nitrogens is 2. The minimum atomic E-state index is -0.473. The molecular formula is C20H21N5O3S3. The largest absolute Gasteiger partial charge is 0.298 e. The highest BCUT2D eigenvalue weighted by atomic mass is 32.2. The third kappa shape index (κ3) is 5.67. The zero-order chi connectivity index (χ0) is 21.8. The minimum absolute atomic E-state index is 0.115. The molecule has 0 radical (unpaired) electrons. The number of hydrogen-bond donors (Lipinski definition) is 1. The van der Waals surface area contributed by atoms with Crippen molar-refractivity contribution in [1.29, 1.82) is 0 Å². The van der Waals surface area contributed by atoms with E-state index in [9.17, 15) is 14.9 Å².